The highest BCUT2D eigenvalue weighted by Gasteiger charge is 2.64. The van der Waals surface area contributed by atoms with Crippen molar-refractivity contribution in [3.05, 3.63) is 41.5 Å². The number of esters is 1. The molecule has 2 heteroatoms. The summed E-state index contributed by atoms with van der Waals surface area (Å²) < 4.78 is 5.12. The lowest BCUT2D eigenvalue weighted by molar-refractivity contribution is -0.164. The highest BCUT2D eigenvalue weighted by Crippen LogP contribution is 2.60. The largest absolute Gasteiger partial charge is 0.468 e. The molecule has 0 bridgehead atoms. The van der Waals surface area contributed by atoms with Crippen LogP contribution in [0.3, 0.4) is 0 Å². The van der Waals surface area contributed by atoms with E-state index in [0.717, 1.165) is 11.1 Å². The van der Waals surface area contributed by atoms with Gasteiger partial charge in [0.05, 0.1) is 7.11 Å². The van der Waals surface area contributed by atoms with Gasteiger partial charge in [0.2, 0.25) is 0 Å². The SMILES string of the molecule is COC(=O)[C@@]12c3ccccc3C=CC1[C@H](C)[C@H]2C. The zero-order valence-corrected chi connectivity index (χ0v) is 11.0. The maximum absolute atomic E-state index is 12.4. The van der Waals surface area contributed by atoms with E-state index in [1.807, 2.05) is 12.1 Å². The summed E-state index contributed by atoms with van der Waals surface area (Å²) in [5.41, 5.74) is 1.83. The molecule has 1 fully saturated rings. The number of carbonyl (C=O) groups is 1. The van der Waals surface area contributed by atoms with Crippen molar-refractivity contribution in [3.63, 3.8) is 0 Å². The van der Waals surface area contributed by atoms with Crippen LogP contribution in [0.5, 0.6) is 0 Å². The van der Waals surface area contributed by atoms with Gasteiger partial charge in [-0.15, -0.1) is 0 Å². The molecule has 94 valence electrons. The summed E-state index contributed by atoms with van der Waals surface area (Å²) in [6.45, 7) is 4.38. The normalized spacial score (nSPS) is 36.3. The van der Waals surface area contributed by atoms with Crippen molar-refractivity contribution in [3.8, 4) is 0 Å². The number of hydrogen-bond donors (Lipinski definition) is 0. The monoisotopic (exact) mass is 242 g/mol. The summed E-state index contributed by atoms with van der Waals surface area (Å²) in [6.07, 6.45) is 4.33. The highest BCUT2D eigenvalue weighted by molar-refractivity contribution is 5.89. The third kappa shape index (κ3) is 1.11. The molecule has 2 aliphatic rings. The molecule has 18 heavy (non-hydrogen) atoms. The van der Waals surface area contributed by atoms with Crippen molar-refractivity contribution >= 4 is 12.0 Å². The standard InChI is InChI=1S/C16H18O2/c1-10-11(2)16(15(17)18-3)13(10)9-8-12-6-4-5-7-14(12)16/h4-11,13H,1-3H3/t10-,11-,13?,16-/m1/s1. The lowest BCUT2D eigenvalue weighted by Crippen LogP contribution is -2.63. The third-order valence-electron chi connectivity index (χ3n) is 5.01. The van der Waals surface area contributed by atoms with E-state index in [2.05, 4.69) is 38.1 Å². The minimum atomic E-state index is -0.459. The van der Waals surface area contributed by atoms with E-state index in [-0.39, 0.29) is 11.9 Å². The molecule has 0 aromatic heterocycles. The molecule has 1 unspecified atom stereocenters. The number of allylic oxidation sites excluding steroid dienone is 1. The molecule has 1 saturated carbocycles. The van der Waals surface area contributed by atoms with Crippen LogP contribution in [0.1, 0.15) is 25.0 Å². The second-order valence-corrected chi connectivity index (χ2v) is 5.48. The number of methoxy groups -OCH3 is 1. The van der Waals surface area contributed by atoms with Crippen molar-refractivity contribution in [1.29, 1.82) is 0 Å². The van der Waals surface area contributed by atoms with E-state index >= 15 is 0 Å². The first kappa shape index (κ1) is 11.5. The molecule has 1 aromatic carbocycles. The third-order valence-corrected chi connectivity index (χ3v) is 5.01. The first-order valence-corrected chi connectivity index (χ1v) is 6.50. The van der Waals surface area contributed by atoms with E-state index < -0.39 is 5.41 Å². The van der Waals surface area contributed by atoms with Crippen LogP contribution in [-0.4, -0.2) is 13.1 Å². The van der Waals surface area contributed by atoms with Crippen molar-refractivity contribution < 1.29 is 9.53 Å². The van der Waals surface area contributed by atoms with Crippen molar-refractivity contribution in [2.75, 3.05) is 7.11 Å². The molecule has 0 amide bonds. The number of fused-ring (bicyclic) bond motifs is 3. The summed E-state index contributed by atoms with van der Waals surface area (Å²) in [4.78, 5) is 12.4. The molecule has 0 saturated heterocycles. The van der Waals surface area contributed by atoms with Crippen LogP contribution in [0.2, 0.25) is 0 Å². The van der Waals surface area contributed by atoms with E-state index in [1.165, 1.54) is 7.11 Å². The number of hydrogen-bond acceptors (Lipinski definition) is 2. The Morgan fingerprint density at radius 1 is 1.28 bits per heavy atom. The van der Waals surface area contributed by atoms with Crippen LogP contribution in [0.4, 0.5) is 0 Å². The summed E-state index contributed by atoms with van der Waals surface area (Å²) in [6, 6.07) is 8.17. The van der Waals surface area contributed by atoms with Gasteiger partial charge in [0, 0.05) is 5.92 Å². The highest BCUT2D eigenvalue weighted by atomic mass is 16.5. The molecule has 0 heterocycles. The first-order chi connectivity index (χ1) is 8.64. The molecule has 1 aromatic rings. The van der Waals surface area contributed by atoms with Crippen molar-refractivity contribution in [1.82, 2.24) is 0 Å². The van der Waals surface area contributed by atoms with Gasteiger partial charge in [0.25, 0.3) is 0 Å². The van der Waals surface area contributed by atoms with E-state index in [0.29, 0.717) is 11.8 Å². The minimum absolute atomic E-state index is 0.0881. The molecule has 2 aliphatic carbocycles. The Balaban J connectivity index is 2.22. The molecule has 3 rings (SSSR count). The van der Waals surface area contributed by atoms with Crippen LogP contribution in [0.15, 0.2) is 30.3 Å². The van der Waals surface area contributed by atoms with E-state index in [1.54, 1.807) is 0 Å². The lowest BCUT2D eigenvalue weighted by Gasteiger charge is -2.58. The van der Waals surface area contributed by atoms with Gasteiger partial charge in [-0.1, -0.05) is 50.3 Å². The molecule has 0 N–H and O–H groups in total. The van der Waals surface area contributed by atoms with Crippen LogP contribution >= 0.6 is 0 Å². The Hall–Kier alpha value is -1.57. The Bertz CT molecular complexity index is 532. The topological polar surface area (TPSA) is 26.3 Å². The van der Waals surface area contributed by atoms with Crippen LogP contribution in [0.25, 0.3) is 6.08 Å². The lowest BCUT2D eigenvalue weighted by atomic mass is 9.43. The molecule has 0 radical (unpaired) electrons. The number of rotatable bonds is 1. The fourth-order valence-electron chi connectivity index (χ4n) is 3.90. The summed E-state index contributed by atoms with van der Waals surface area (Å²) in [7, 11) is 1.49. The molecule has 2 nitrogen and oxygen atoms in total. The van der Waals surface area contributed by atoms with Crippen molar-refractivity contribution in [2.45, 2.75) is 19.3 Å². The van der Waals surface area contributed by atoms with Gasteiger partial charge in [0.1, 0.15) is 5.41 Å². The fourth-order valence-corrected chi connectivity index (χ4v) is 3.90. The van der Waals surface area contributed by atoms with Gasteiger partial charge in [-0.2, -0.15) is 0 Å². The average Bonchev–Trinajstić information content (AvgIpc) is 2.43. The Kier molecular flexibility index (Phi) is 2.37. The summed E-state index contributed by atoms with van der Waals surface area (Å²) in [5, 5.41) is 0. The first-order valence-electron chi connectivity index (χ1n) is 6.50. The molecular formula is C16H18O2. The second kappa shape index (κ2) is 3.71. The predicted octanol–water partition coefficient (Wildman–Crippen LogP) is 3.03. The van der Waals surface area contributed by atoms with Gasteiger partial charge >= 0.3 is 5.97 Å². The zero-order chi connectivity index (χ0) is 12.9. The van der Waals surface area contributed by atoms with E-state index in [9.17, 15) is 4.79 Å². The number of benzene rings is 1. The van der Waals surface area contributed by atoms with Crippen molar-refractivity contribution in [2.24, 2.45) is 17.8 Å². The summed E-state index contributed by atoms with van der Waals surface area (Å²) in [5.74, 6) is 1.03. The smallest absolute Gasteiger partial charge is 0.317 e. The Labute approximate surface area is 108 Å². The molecule has 0 spiro atoms. The number of ether oxygens (including phenoxy) is 1. The van der Waals surface area contributed by atoms with Crippen LogP contribution in [0, 0.1) is 17.8 Å². The van der Waals surface area contributed by atoms with Gasteiger partial charge in [-0.05, 0) is 23.0 Å². The second-order valence-electron chi connectivity index (χ2n) is 5.48. The average molecular weight is 242 g/mol. The quantitative estimate of drug-likeness (QED) is 0.708. The van der Waals surface area contributed by atoms with Gasteiger partial charge in [-0.3, -0.25) is 4.79 Å². The molecule has 0 aliphatic heterocycles. The fraction of sp³-hybridized carbons (Fsp3) is 0.438. The predicted molar refractivity (Wildman–Crippen MR) is 71.0 cm³/mol. The maximum Gasteiger partial charge on any atom is 0.317 e. The molecule has 4 atom stereocenters. The van der Waals surface area contributed by atoms with Crippen LogP contribution in [-0.2, 0) is 14.9 Å². The van der Waals surface area contributed by atoms with Gasteiger partial charge < -0.3 is 4.74 Å². The minimum Gasteiger partial charge on any atom is -0.468 e. The van der Waals surface area contributed by atoms with Crippen LogP contribution < -0.4 is 0 Å². The maximum atomic E-state index is 12.4. The Morgan fingerprint density at radius 2 is 2.00 bits per heavy atom. The van der Waals surface area contributed by atoms with Gasteiger partial charge in [0.15, 0.2) is 0 Å². The zero-order valence-electron chi connectivity index (χ0n) is 11.0. The van der Waals surface area contributed by atoms with Gasteiger partial charge in [-0.25, -0.2) is 0 Å². The summed E-state index contributed by atoms with van der Waals surface area (Å²) >= 11 is 0. The Morgan fingerprint density at radius 3 is 2.72 bits per heavy atom. The molecular weight excluding hydrogens is 224 g/mol. The van der Waals surface area contributed by atoms with E-state index in [4.69, 9.17) is 4.74 Å². The number of carbonyl (C=O) groups excluding carboxylic acids is 1.